The number of unbranched alkanes of at least 4 members (excludes halogenated alkanes) is 35. The van der Waals surface area contributed by atoms with Crippen LogP contribution in [0.25, 0.3) is 0 Å². The molecule has 7 atom stereocenters. The van der Waals surface area contributed by atoms with Crippen LogP contribution in [0.4, 0.5) is 0 Å². The van der Waals surface area contributed by atoms with E-state index in [1.54, 1.807) is 0 Å². The predicted molar refractivity (Wildman–Crippen MR) is 349 cm³/mol. The lowest BCUT2D eigenvalue weighted by molar-refractivity contribution is -0.161. The topological polar surface area (TPSA) is 237 Å². The van der Waals surface area contributed by atoms with Crippen molar-refractivity contribution in [2.24, 2.45) is 11.8 Å². The van der Waals surface area contributed by atoms with E-state index in [1.165, 1.54) is 161 Å². The van der Waals surface area contributed by atoms with Crippen molar-refractivity contribution >= 4 is 39.5 Å². The largest absolute Gasteiger partial charge is 0.472 e. The zero-order valence-electron chi connectivity index (χ0n) is 56.3. The van der Waals surface area contributed by atoms with Gasteiger partial charge in [-0.2, -0.15) is 0 Å². The number of rotatable bonds is 67. The quantitative estimate of drug-likeness (QED) is 0.0222. The summed E-state index contributed by atoms with van der Waals surface area (Å²) in [6.07, 6.45) is 44.4. The Labute approximate surface area is 530 Å². The molecule has 0 aliphatic heterocycles. The molecule has 4 unspecified atom stereocenters. The monoisotopic (exact) mass is 1280 g/mol. The second-order valence-electron chi connectivity index (χ2n) is 25.0. The maximum Gasteiger partial charge on any atom is 0.472 e. The van der Waals surface area contributed by atoms with E-state index in [0.717, 1.165) is 102 Å². The molecule has 0 bridgehead atoms. The summed E-state index contributed by atoms with van der Waals surface area (Å²) >= 11 is 0. The van der Waals surface area contributed by atoms with Crippen molar-refractivity contribution in [1.29, 1.82) is 0 Å². The number of carbonyl (C=O) groups is 4. The highest BCUT2D eigenvalue weighted by Crippen LogP contribution is 2.45. The molecule has 0 aromatic heterocycles. The molecule has 19 heteroatoms. The number of ether oxygens (including phenoxy) is 4. The van der Waals surface area contributed by atoms with Crippen LogP contribution in [0.1, 0.15) is 343 Å². The van der Waals surface area contributed by atoms with E-state index in [4.69, 9.17) is 37.0 Å². The van der Waals surface area contributed by atoms with Crippen molar-refractivity contribution in [3.05, 3.63) is 0 Å². The minimum Gasteiger partial charge on any atom is -0.462 e. The van der Waals surface area contributed by atoms with Gasteiger partial charge in [0, 0.05) is 25.7 Å². The van der Waals surface area contributed by atoms with Crippen molar-refractivity contribution < 1.29 is 80.2 Å². The fourth-order valence-corrected chi connectivity index (χ4v) is 11.8. The van der Waals surface area contributed by atoms with Crippen molar-refractivity contribution in [2.75, 3.05) is 39.6 Å². The lowest BCUT2D eigenvalue weighted by Crippen LogP contribution is -2.30. The van der Waals surface area contributed by atoms with E-state index in [2.05, 4.69) is 41.5 Å². The molecular weight excluding hydrogens is 1150 g/mol. The van der Waals surface area contributed by atoms with Crippen LogP contribution in [0.3, 0.4) is 0 Å². The van der Waals surface area contributed by atoms with Crippen molar-refractivity contribution in [2.45, 2.75) is 362 Å². The third-order valence-electron chi connectivity index (χ3n) is 16.4. The number of aliphatic hydroxyl groups excluding tert-OH is 1. The molecule has 17 nitrogen and oxygen atoms in total. The Morgan fingerprint density at radius 1 is 0.322 bits per heavy atom. The van der Waals surface area contributed by atoms with Crippen molar-refractivity contribution in [1.82, 2.24) is 0 Å². The first kappa shape index (κ1) is 85.1. The number of esters is 4. The zero-order chi connectivity index (χ0) is 64.3. The summed E-state index contributed by atoms with van der Waals surface area (Å²) in [4.78, 5) is 72.4. The zero-order valence-corrected chi connectivity index (χ0v) is 58.1. The summed E-state index contributed by atoms with van der Waals surface area (Å²) < 4.78 is 68.2. The number of phosphoric ester groups is 2. The summed E-state index contributed by atoms with van der Waals surface area (Å²) in [5, 5.41) is 10.6. The van der Waals surface area contributed by atoms with Gasteiger partial charge >= 0.3 is 39.5 Å². The summed E-state index contributed by atoms with van der Waals surface area (Å²) in [5.41, 5.74) is 0. The van der Waals surface area contributed by atoms with Gasteiger partial charge in [-0.25, -0.2) is 9.13 Å². The molecule has 516 valence electrons. The molecule has 0 heterocycles. The molecule has 0 rings (SSSR count). The maximum atomic E-state index is 13.0. The first-order valence-electron chi connectivity index (χ1n) is 35.6. The SMILES string of the molecule is CCCCCCCCCCCCCCCCCCC(=O)O[C@H](COC(=O)CCCCCCCCCCC(C)CC)COP(=O)(O)OC[C@@H](O)COP(=O)(O)OC[C@@H](COC(=O)CCCCCCCCCCC)OC(=O)CCCCCCCCC(C)CC. The Kier molecular flexibility index (Phi) is 59.0. The third kappa shape index (κ3) is 60.1. The van der Waals surface area contributed by atoms with Crippen LogP contribution < -0.4 is 0 Å². The van der Waals surface area contributed by atoms with Crippen LogP contribution in [0.15, 0.2) is 0 Å². The average molecular weight is 1280 g/mol. The van der Waals surface area contributed by atoms with E-state index in [1.807, 2.05) is 0 Å². The number of carbonyl (C=O) groups excluding carboxylic acids is 4. The highest BCUT2D eigenvalue weighted by atomic mass is 31.2. The van der Waals surface area contributed by atoms with E-state index in [-0.39, 0.29) is 25.7 Å². The van der Waals surface area contributed by atoms with E-state index in [9.17, 15) is 43.2 Å². The van der Waals surface area contributed by atoms with Gasteiger partial charge < -0.3 is 33.8 Å². The van der Waals surface area contributed by atoms with Gasteiger partial charge in [0.2, 0.25) is 0 Å². The van der Waals surface area contributed by atoms with Crippen LogP contribution >= 0.6 is 15.6 Å². The van der Waals surface area contributed by atoms with Gasteiger partial charge in [-0.3, -0.25) is 37.3 Å². The first-order chi connectivity index (χ1) is 41.9. The van der Waals surface area contributed by atoms with Crippen molar-refractivity contribution in [3.8, 4) is 0 Å². The Morgan fingerprint density at radius 2 is 0.552 bits per heavy atom. The van der Waals surface area contributed by atoms with Crippen LogP contribution in [0, 0.1) is 11.8 Å². The normalized spacial score (nSPS) is 14.8. The molecule has 0 saturated carbocycles. The van der Waals surface area contributed by atoms with Crippen LogP contribution in [-0.4, -0.2) is 96.7 Å². The molecule has 0 spiro atoms. The standard InChI is InChI=1S/C68H132O17P2/c1-7-11-13-15-17-19-20-21-22-23-24-25-27-33-40-46-52-67(72)84-63(56-79-66(71)51-45-39-32-29-28-30-36-42-48-60(5)9-3)58-82-86(74,75)80-54-62(69)55-81-87(76,77)83-59-64(57-78-65(70)50-44-38-31-26-18-16-14-12-8-2)85-68(73)53-47-41-35-34-37-43-49-61(6)10-4/h60-64,69H,7-59H2,1-6H3,(H,74,75)(H,76,77)/t60?,61?,62-,63-,64-/m1/s1. The molecule has 87 heavy (non-hydrogen) atoms. The van der Waals surface area contributed by atoms with Gasteiger partial charge in [0.1, 0.15) is 19.3 Å². The highest BCUT2D eigenvalue weighted by molar-refractivity contribution is 7.47. The third-order valence-corrected chi connectivity index (χ3v) is 18.3. The summed E-state index contributed by atoms with van der Waals surface area (Å²) in [6.45, 7) is 9.47. The lowest BCUT2D eigenvalue weighted by Gasteiger charge is -2.21. The predicted octanol–water partition coefficient (Wildman–Crippen LogP) is 19.2. The minimum atomic E-state index is -4.95. The van der Waals surface area contributed by atoms with Gasteiger partial charge in [0.25, 0.3) is 0 Å². The average Bonchev–Trinajstić information content (AvgIpc) is 3.69. The van der Waals surface area contributed by atoms with Gasteiger partial charge in [-0.1, -0.05) is 292 Å². The molecule has 0 aliphatic carbocycles. The number of hydrogen-bond donors (Lipinski definition) is 3. The Hall–Kier alpha value is -1.94. The van der Waals surface area contributed by atoms with Gasteiger partial charge in [0.05, 0.1) is 26.4 Å². The first-order valence-corrected chi connectivity index (χ1v) is 38.6. The lowest BCUT2D eigenvalue weighted by atomic mass is 9.99. The molecule has 0 radical (unpaired) electrons. The second kappa shape index (κ2) is 60.3. The summed E-state index contributed by atoms with van der Waals surface area (Å²) in [7, 11) is -9.89. The number of phosphoric acid groups is 2. The van der Waals surface area contributed by atoms with Crippen LogP contribution in [0.2, 0.25) is 0 Å². The smallest absolute Gasteiger partial charge is 0.462 e. The van der Waals surface area contributed by atoms with Crippen molar-refractivity contribution in [3.63, 3.8) is 0 Å². The van der Waals surface area contributed by atoms with Gasteiger partial charge in [-0.15, -0.1) is 0 Å². The Balaban J connectivity index is 5.24. The summed E-state index contributed by atoms with van der Waals surface area (Å²) in [5.74, 6) is -0.633. The van der Waals surface area contributed by atoms with E-state index in [0.29, 0.717) is 25.7 Å². The molecule has 3 N–H and O–H groups in total. The fraction of sp³-hybridized carbons (Fsp3) is 0.941. The Bertz CT molecular complexity index is 1700. The summed E-state index contributed by atoms with van der Waals surface area (Å²) in [6, 6.07) is 0. The number of aliphatic hydroxyl groups is 1. The minimum absolute atomic E-state index is 0.103. The molecule has 0 aromatic rings. The van der Waals surface area contributed by atoms with Gasteiger partial charge in [0.15, 0.2) is 12.2 Å². The fourth-order valence-electron chi connectivity index (χ4n) is 10.2. The van der Waals surface area contributed by atoms with E-state index < -0.39 is 97.5 Å². The Morgan fingerprint density at radius 3 is 0.816 bits per heavy atom. The highest BCUT2D eigenvalue weighted by Gasteiger charge is 2.30. The molecule has 0 fully saturated rings. The number of hydrogen-bond acceptors (Lipinski definition) is 15. The molecular formula is C68H132O17P2. The molecule has 0 amide bonds. The second-order valence-corrected chi connectivity index (χ2v) is 28.0. The van der Waals surface area contributed by atoms with E-state index >= 15 is 0 Å². The molecule has 0 aliphatic rings. The van der Waals surface area contributed by atoms with Crippen LogP contribution in [-0.2, 0) is 65.4 Å². The van der Waals surface area contributed by atoms with Gasteiger partial charge in [-0.05, 0) is 37.5 Å². The van der Waals surface area contributed by atoms with Crippen LogP contribution in [0.5, 0.6) is 0 Å². The molecule has 0 saturated heterocycles. The maximum absolute atomic E-state index is 13.0. The molecule has 0 aromatic carbocycles.